The van der Waals surface area contributed by atoms with E-state index in [4.69, 9.17) is 38.8 Å². The summed E-state index contributed by atoms with van der Waals surface area (Å²) in [5, 5.41) is 0. The summed E-state index contributed by atoms with van der Waals surface area (Å²) >= 11 is -4.37. The first-order valence-corrected chi connectivity index (χ1v) is 55.1. The van der Waals surface area contributed by atoms with Gasteiger partial charge >= 0.3 is 132 Å². The number of hydrogen-bond donors (Lipinski definition) is 0. The maximum atomic E-state index is 10.9. The Bertz CT molecular complexity index is 3190. The third-order valence-electron chi connectivity index (χ3n) is 23.2. The molecule has 111 heavy (non-hydrogen) atoms. The average molecular weight is 1840 g/mol. The molecular formula is C90H129Cl4F9N4P2Ru2. The van der Waals surface area contributed by atoms with E-state index in [0.717, 1.165) is 31.7 Å². The summed E-state index contributed by atoms with van der Waals surface area (Å²) in [6.45, 7) is 35.1. The van der Waals surface area contributed by atoms with Crippen LogP contribution in [-0.4, -0.2) is 69.4 Å². The maximum absolute atomic E-state index is 10.9. The van der Waals surface area contributed by atoms with E-state index in [-0.39, 0.29) is 15.8 Å². The van der Waals surface area contributed by atoms with Crippen LogP contribution in [0.5, 0.6) is 0 Å². The van der Waals surface area contributed by atoms with Crippen molar-refractivity contribution in [2.45, 2.75) is 310 Å². The van der Waals surface area contributed by atoms with Crippen LogP contribution in [-0.2, 0) is 27.0 Å². The van der Waals surface area contributed by atoms with Crippen LogP contribution < -0.4 is 19.6 Å². The molecule has 8 fully saturated rings. The number of rotatable bonds is 11. The van der Waals surface area contributed by atoms with Crippen LogP contribution in [0, 0.1) is 96.4 Å². The Hall–Kier alpha value is -2.84. The molecule has 0 bridgehead atoms. The van der Waals surface area contributed by atoms with Gasteiger partial charge in [0.1, 0.15) is 0 Å². The van der Waals surface area contributed by atoms with Crippen molar-refractivity contribution in [1.82, 2.24) is 0 Å². The van der Waals surface area contributed by atoms with E-state index in [1.807, 2.05) is 34.9 Å². The molecule has 0 amide bonds. The van der Waals surface area contributed by atoms with Crippen LogP contribution in [0.1, 0.15) is 265 Å². The summed E-state index contributed by atoms with van der Waals surface area (Å²) in [7, 11) is 20.7. The zero-order valence-corrected chi connectivity index (χ0v) is 76.7. The van der Waals surface area contributed by atoms with E-state index in [2.05, 4.69) is 165 Å². The molecule has 13 rings (SSSR count). The van der Waals surface area contributed by atoms with Gasteiger partial charge in [-0.05, 0) is 282 Å². The first-order valence-electron chi connectivity index (χ1n) is 40.8. The van der Waals surface area contributed by atoms with Crippen molar-refractivity contribution in [2.75, 3.05) is 45.8 Å². The molecule has 0 radical (unpaired) electrons. The van der Waals surface area contributed by atoms with E-state index >= 15 is 0 Å². The van der Waals surface area contributed by atoms with Crippen molar-refractivity contribution in [3.05, 3.63) is 189 Å². The Morgan fingerprint density at radius 3 is 0.685 bits per heavy atom. The first-order chi connectivity index (χ1) is 53.0. The summed E-state index contributed by atoms with van der Waals surface area (Å²) in [5.41, 5.74) is 30.1. The molecule has 0 spiro atoms. The van der Waals surface area contributed by atoms with Crippen LogP contribution in [0.4, 0.5) is 62.3 Å². The van der Waals surface area contributed by atoms with Crippen molar-refractivity contribution in [1.29, 1.82) is 0 Å². The van der Waals surface area contributed by atoms with Gasteiger partial charge in [0.05, 0.1) is 34.0 Å². The van der Waals surface area contributed by atoms with Crippen LogP contribution in [0.2, 0.25) is 0 Å². The average Bonchev–Trinajstić information content (AvgIpc) is 1.48. The number of nitrogens with zero attached hydrogens (tertiary/aromatic N) is 4. The number of benzene rings is 5. The minimum absolute atomic E-state index is 0.0465. The summed E-state index contributed by atoms with van der Waals surface area (Å²) in [6.07, 6.45) is 38.7. The fourth-order valence-electron chi connectivity index (χ4n) is 19.4. The molecule has 0 N–H and O–H groups in total. The number of halogens is 13. The predicted octanol–water partition coefficient (Wildman–Crippen LogP) is 30.7. The Balaban J connectivity index is 0.000000208. The fraction of sp³-hybridized carbons (Fsp3) is 0.578. The Morgan fingerprint density at radius 2 is 0.532 bits per heavy atom. The van der Waals surface area contributed by atoms with E-state index in [1.54, 1.807) is 193 Å². The van der Waals surface area contributed by atoms with Gasteiger partial charge in [0.15, 0.2) is 6.33 Å². The fourth-order valence-corrected chi connectivity index (χ4v) is 31.7. The van der Waals surface area contributed by atoms with Crippen molar-refractivity contribution in [3.63, 3.8) is 0 Å². The Labute approximate surface area is 692 Å². The Kier molecular flexibility index (Phi) is 45.0. The molecule has 2 heterocycles. The SMILES string of the molecule is C1CCC([PH+](C2CCCCC2)C2CCCCC2)CC1.C1CCC([PH+](C2CCCCC2)C2CCCCC2)CC1.Cc1cc(C)c(N2[CH-]N(c3c(C)cc(C)cc3C)CC2)c(C)c1.Cc1cc(C)c(N2[CH-]N(c3c(C)cc(C)cc3C)CC2)c(C)c1.FC(F)=C(F)F.FC=C(F)F.F[C](F)=[Ru]([Cl])[Cl].[Cl][Ru]([Cl])=[CH]c1ccccc1. The molecule has 2 saturated heterocycles. The van der Waals surface area contributed by atoms with Gasteiger partial charge < -0.3 is 19.6 Å². The molecule has 2 aliphatic heterocycles. The second-order valence-corrected chi connectivity index (χ2v) is 50.2. The number of anilines is 4. The Morgan fingerprint density at radius 1 is 0.342 bits per heavy atom. The summed E-state index contributed by atoms with van der Waals surface area (Å²) < 4.78 is 93.7. The van der Waals surface area contributed by atoms with Gasteiger partial charge in [-0.1, -0.05) is 109 Å². The van der Waals surface area contributed by atoms with Gasteiger partial charge in [0.25, 0.3) is 6.08 Å². The summed E-state index contributed by atoms with van der Waals surface area (Å²) in [5.74, 6) is 0. The molecule has 21 heteroatoms. The monoisotopic (exact) mass is 1840 g/mol. The van der Waals surface area contributed by atoms with Crippen molar-refractivity contribution in [3.8, 4) is 0 Å². The van der Waals surface area contributed by atoms with Crippen molar-refractivity contribution in [2.24, 2.45) is 0 Å². The van der Waals surface area contributed by atoms with E-state index in [0.29, 0.717) is 0 Å². The third kappa shape index (κ3) is 33.1. The van der Waals surface area contributed by atoms with Gasteiger partial charge in [-0.15, -0.1) is 0 Å². The topological polar surface area (TPSA) is 13.0 Å². The molecule has 0 aromatic heterocycles. The van der Waals surface area contributed by atoms with Crippen LogP contribution >= 0.6 is 54.6 Å². The molecular weight excluding hydrogens is 1710 g/mol. The summed E-state index contributed by atoms with van der Waals surface area (Å²) in [6, 6.07) is 28.1. The normalized spacial score (nSPS) is 18.3. The van der Waals surface area contributed by atoms with Crippen LogP contribution in [0.25, 0.3) is 0 Å². The standard InChI is InChI=1S/2C21H27N2.2C18H33P.C7H6.C2F4.C2HF3.CF2.4ClH.2Ru/c2*1-14-9-16(3)20(17(4)10-14)22-7-8-23(13-22)21-18(5)11-15(2)12-19(21)6;2*1-4-10-16(11-5-1)19(17-12-6-2-7-13-17)18-14-8-3-9-15-18;1-7-5-3-2-4-6-7;3-1(4)2(5)6;3-1-2(4)5;2-1-3;;;;;;/h2*9-13H,7-8H2,1-6H3;2*16-18H,1-15H2;1-6H;;1H;;4*1H;;/q2*-1;;;;;;;;;;;2*+2/p-2. The molecule has 626 valence electrons. The van der Waals surface area contributed by atoms with E-state index in [1.165, 1.54) is 123 Å². The second-order valence-electron chi connectivity index (χ2n) is 32.0. The second kappa shape index (κ2) is 51.5. The predicted molar refractivity (Wildman–Crippen MR) is 464 cm³/mol. The minimum atomic E-state index is -2.91. The van der Waals surface area contributed by atoms with Crippen LogP contribution in [0.15, 0.2) is 103 Å². The molecule has 0 unspecified atom stereocenters. The van der Waals surface area contributed by atoms with Crippen molar-refractivity contribution < 1.29 is 66.6 Å². The molecule has 4 nitrogen and oxygen atoms in total. The summed E-state index contributed by atoms with van der Waals surface area (Å²) in [4.78, 5) is 9.62. The molecule has 5 aromatic rings. The van der Waals surface area contributed by atoms with Gasteiger partial charge in [-0.2, -0.15) is 39.7 Å². The van der Waals surface area contributed by atoms with Crippen LogP contribution in [0.3, 0.4) is 0 Å². The van der Waals surface area contributed by atoms with E-state index < -0.39 is 56.2 Å². The number of aryl methyl sites for hydroxylation is 12. The van der Waals surface area contributed by atoms with Gasteiger partial charge in [-0.25, -0.2) is 4.39 Å². The number of hydrogen-bond acceptors (Lipinski definition) is 4. The molecule has 0 atom stereocenters. The quantitative estimate of drug-likeness (QED) is 0.0565. The molecule has 5 aromatic carbocycles. The zero-order valence-electron chi connectivity index (χ0n) is 68.2. The van der Waals surface area contributed by atoms with Gasteiger partial charge in [0, 0.05) is 64.8 Å². The zero-order chi connectivity index (χ0) is 81.3. The van der Waals surface area contributed by atoms with Gasteiger partial charge in [0.2, 0.25) is 0 Å². The van der Waals surface area contributed by atoms with E-state index in [9.17, 15) is 39.5 Å². The molecule has 6 aliphatic carbocycles. The van der Waals surface area contributed by atoms with Gasteiger partial charge in [-0.3, -0.25) is 0 Å². The first kappa shape index (κ1) is 97.0. The van der Waals surface area contributed by atoms with Crippen molar-refractivity contribution >= 4 is 86.6 Å². The molecule has 6 saturated carbocycles. The molecule has 8 aliphatic rings. The third-order valence-corrected chi connectivity index (χ3v) is 35.9.